The van der Waals surface area contributed by atoms with Crippen molar-refractivity contribution in [2.45, 2.75) is 82.3 Å². The molecule has 0 saturated carbocycles. The summed E-state index contributed by atoms with van der Waals surface area (Å²) in [5.74, 6) is -3.23. The average molecular weight is 783 g/mol. The molecular weight excluding hydrogens is 745 g/mol. The number of thiazole rings is 1. The molecule has 52 heavy (non-hydrogen) atoms. The van der Waals surface area contributed by atoms with Gasteiger partial charge in [-0.3, -0.25) is 19.3 Å². The maximum Gasteiger partial charge on any atom is 0.407 e. The molecule has 2 atom stereocenters. The fourth-order valence-electron chi connectivity index (χ4n) is 4.55. The Balaban J connectivity index is 1.40. The fourth-order valence-corrected chi connectivity index (χ4v) is 7.60. The molecule has 1 fully saturated rings. The lowest BCUT2D eigenvalue weighted by Gasteiger charge is -2.49. The summed E-state index contributed by atoms with van der Waals surface area (Å²) in [5, 5.41) is 34.4. The van der Waals surface area contributed by atoms with Crippen LogP contribution in [0.3, 0.4) is 0 Å². The number of carbonyl (C=O) groups is 6. The second-order valence-corrected chi connectivity index (χ2v) is 15.9. The van der Waals surface area contributed by atoms with Gasteiger partial charge in [0.25, 0.3) is 11.8 Å². The van der Waals surface area contributed by atoms with Gasteiger partial charge in [-0.2, -0.15) is 0 Å². The highest BCUT2D eigenvalue weighted by molar-refractivity contribution is 8.01. The highest BCUT2D eigenvalue weighted by Gasteiger charge is 2.54. The number of rotatable bonds is 16. The first kappa shape index (κ1) is 40.0. The van der Waals surface area contributed by atoms with Crippen LogP contribution in [-0.4, -0.2) is 124 Å². The van der Waals surface area contributed by atoms with Gasteiger partial charge in [0.15, 0.2) is 10.8 Å². The minimum absolute atomic E-state index is 0.0111. The molecule has 1 saturated heterocycles. The Kier molecular flexibility index (Phi) is 13.2. The number of aryl methyl sites for hydroxylation is 1. The average Bonchev–Trinajstić information content (AvgIpc) is 3.70. The number of carboxylic acid groups (broad SMARTS) is 1. The third-order valence-corrected chi connectivity index (χ3v) is 9.68. The number of ether oxygens (including phenoxy) is 2. The summed E-state index contributed by atoms with van der Waals surface area (Å²) in [6, 6.07) is -1.12. The molecule has 0 spiro atoms. The number of aromatic nitrogens is 5. The lowest BCUT2D eigenvalue weighted by molar-refractivity contribution is -0.160. The molecule has 282 valence electrons. The standard InChI is InChI=1S/C29H38N10O10S3/c1-28(2,3)48-17(41)10-47-35-18(16-13-51-25(32-16)31-14-40)21(42)33-19-22(43)39-20(24(44)45)15(11-50-23(19)39)12-52-26-34-36-37-38(26)9-7-8-30-27(46)49-29(4,5)6/h13-14,19,23H,7-12H2,1-6H3,(H,30,46)(H,33,42)(H,44,45)(H,31,32,40)/t19?,23-/m1/s1. The number of fused-ring (bicyclic) bond motifs is 1. The van der Waals surface area contributed by atoms with E-state index in [1.54, 1.807) is 41.5 Å². The lowest BCUT2D eigenvalue weighted by Crippen LogP contribution is -2.71. The van der Waals surface area contributed by atoms with Gasteiger partial charge in [-0.1, -0.05) is 16.9 Å². The molecule has 2 aliphatic rings. The van der Waals surface area contributed by atoms with Gasteiger partial charge in [0.2, 0.25) is 18.2 Å². The molecule has 23 heteroatoms. The highest BCUT2D eigenvalue weighted by atomic mass is 32.2. The van der Waals surface area contributed by atoms with E-state index in [2.05, 4.69) is 41.6 Å². The quantitative estimate of drug-likeness (QED) is 0.0355. The van der Waals surface area contributed by atoms with Crippen molar-refractivity contribution in [2.24, 2.45) is 5.16 Å². The smallest absolute Gasteiger partial charge is 0.407 e. The van der Waals surface area contributed by atoms with Crippen LogP contribution in [0.2, 0.25) is 0 Å². The van der Waals surface area contributed by atoms with E-state index in [9.17, 15) is 33.9 Å². The van der Waals surface area contributed by atoms with E-state index in [0.29, 0.717) is 36.6 Å². The molecular formula is C29H38N10O10S3. The Labute approximate surface area is 309 Å². The van der Waals surface area contributed by atoms with E-state index in [0.717, 1.165) is 16.2 Å². The third-order valence-electron chi connectivity index (χ3n) is 6.53. The van der Waals surface area contributed by atoms with E-state index in [-0.39, 0.29) is 28.0 Å². The maximum atomic E-state index is 13.4. The molecule has 4 amide bonds. The van der Waals surface area contributed by atoms with Crippen LogP contribution >= 0.6 is 34.9 Å². The summed E-state index contributed by atoms with van der Waals surface area (Å²) in [5.41, 5.74) is -1.56. The van der Waals surface area contributed by atoms with Crippen LogP contribution in [0.5, 0.6) is 0 Å². The number of esters is 1. The molecule has 2 aliphatic heterocycles. The summed E-state index contributed by atoms with van der Waals surface area (Å²) in [4.78, 5) is 84.4. The summed E-state index contributed by atoms with van der Waals surface area (Å²) in [6.07, 6.45) is 0.356. The van der Waals surface area contributed by atoms with Crippen LogP contribution in [-0.2, 0) is 44.8 Å². The Bertz CT molecular complexity index is 1750. The van der Waals surface area contributed by atoms with E-state index in [4.69, 9.17) is 14.3 Å². The number of nitrogens with one attached hydrogen (secondary N) is 3. The van der Waals surface area contributed by atoms with E-state index < -0.39 is 64.8 Å². The van der Waals surface area contributed by atoms with Crippen molar-refractivity contribution in [3.63, 3.8) is 0 Å². The molecule has 4 N–H and O–H groups in total. The number of β-lactam (4-membered cyclic amide) rings is 1. The SMILES string of the molecule is CC(C)(C)OC(=O)CON=C(C(=O)NC1C(=O)N2C(C(=O)O)=C(CSc3nnnn3CCCNC(=O)OC(C)(C)C)CS[C@H]12)c1csc(NC=O)n1. The number of oxime groups is 1. The number of amides is 4. The van der Waals surface area contributed by atoms with Gasteiger partial charge in [0.05, 0.1) is 0 Å². The largest absolute Gasteiger partial charge is 0.477 e. The van der Waals surface area contributed by atoms with Gasteiger partial charge in [0.1, 0.15) is 34.0 Å². The molecule has 1 unspecified atom stereocenters. The number of nitrogens with zero attached hydrogens (tertiary/aromatic N) is 7. The Morgan fingerprint density at radius 1 is 1.15 bits per heavy atom. The second kappa shape index (κ2) is 17.2. The number of tetrazole rings is 1. The van der Waals surface area contributed by atoms with Crippen LogP contribution in [0.15, 0.2) is 27.0 Å². The summed E-state index contributed by atoms with van der Waals surface area (Å²) < 4.78 is 11.9. The molecule has 4 heterocycles. The van der Waals surface area contributed by atoms with E-state index >= 15 is 0 Å². The van der Waals surface area contributed by atoms with Crippen molar-refractivity contribution in [1.82, 2.24) is 40.7 Å². The molecule has 0 aromatic carbocycles. The molecule has 0 radical (unpaired) electrons. The van der Waals surface area contributed by atoms with Crippen LogP contribution in [0.4, 0.5) is 9.93 Å². The number of alkyl carbamates (subject to hydrolysis) is 1. The highest BCUT2D eigenvalue weighted by Crippen LogP contribution is 2.41. The molecule has 2 aromatic rings. The monoisotopic (exact) mass is 782 g/mol. The summed E-state index contributed by atoms with van der Waals surface area (Å²) >= 11 is 3.44. The second-order valence-electron chi connectivity index (χ2n) is 13.0. The minimum atomic E-state index is -1.32. The third kappa shape index (κ3) is 10.9. The van der Waals surface area contributed by atoms with Crippen molar-refractivity contribution >= 4 is 82.0 Å². The van der Waals surface area contributed by atoms with Gasteiger partial charge in [0, 0.05) is 30.0 Å². The molecule has 0 aliphatic carbocycles. The van der Waals surface area contributed by atoms with Crippen LogP contribution in [0.25, 0.3) is 0 Å². The minimum Gasteiger partial charge on any atom is -0.477 e. The van der Waals surface area contributed by atoms with Crippen molar-refractivity contribution in [1.29, 1.82) is 0 Å². The number of carboxylic acids is 1. The predicted molar refractivity (Wildman–Crippen MR) is 187 cm³/mol. The Morgan fingerprint density at radius 2 is 1.88 bits per heavy atom. The van der Waals surface area contributed by atoms with Crippen molar-refractivity contribution in [3.8, 4) is 0 Å². The summed E-state index contributed by atoms with van der Waals surface area (Å²) in [6.45, 7) is 10.3. The number of hydrogen-bond donors (Lipinski definition) is 4. The van der Waals surface area contributed by atoms with Crippen LogP contribution in [0.1, 0.15) is 53.7 Å². The van der Waals surface area contributed by atoms with E-state index in [1.807, 2.05) is 0 Å². The summed E-state index contributed by atoms with van der Waals surface area (Å²) in [7, 11) is 0. The zero-order valence-corrected chi connectivity index (χ0v) is 31.5. The Hall–Kier alpha value is -4.77. The molecule has 0 bridgehead atoms. The van der Waals surface area contributed by atoms with Gasteiger partial charge in [-0.25, -0.2) is 24.0 Å². The number of thioether (sulfide) groups is 2. The maximum absolute atomic E-state index is 13.4. The van der Waals surface area contributed by atoms with Crippen LogP contribution < -0.4 is 16.0 Å². The zero-order valence-electron chi connectivity index (χ0n) is 29.0. The van der Waals surface area contributed by atoms with Crippen LogP contribution in [0, 0.1) is 0 Å². The molecule has 20 nitrogen and oxygen atoms in total. The van der Waals surface area contributed by atoms with E-state index in [1.165, 1.54) is 33.6 Å². The Morgan fingerprint density at radius 3 is 2.56 bits per heavy atom. The van der Waals surface area contributed by atoms with Gasteiger partial charge in [-0.15, -0.1) is 28.2 Å². The number of anilines is 1. The van der Waals surface area contributed by atoms with Crippen molar-refractivity contribution in [3.05, 3.63) is 22.3 Å². The first-order chi connectivity index (χ1) is 24.5. The number of carbonyl (C=O) groups excluding carboxylic acids is 5. The molecule has 2 aromatic heterocycles. The van der Waals surface area contributed by atoms with Gasteiger partial charge in [-0.05, 0) is 64.0 Å². The first-order valence-electron chi connectivity index (χ1n) is 15.6. The fraction of sp³-hybridized carbons (Fsp3) is 0.552. The first-order valence-corrected chi connectivity index (χ1v) is 18.5. The van der Waals surface area contributed by atoms with Crippen molar-refractivity contribution < 1.29 is 48.2 Å². The number of hydrogen-bond acceptors (Lipinski definition) is 17. The van der Waals surface area contributed by atoms with Crippen molar-refractivity contribution in [2.75, 3.05) is 30.0 Å². The lowest BCUT2D eigenvalue weighted by atomic mass is 10.0. The van der Waals surface area contributed by atoms with Gasteiger partial charge >= 0.3 is 18.0 Å². The number of aliphatic carboxylic acids is 1. The predicted octanol–water partition coefficient (Wildman–Crippen LogP) is 1.21. The topological polar surface area (TPSA) is 259 Å². The normalized spacial score (nSPS) is 17.5. The molecule has 4 rings (SSSR count). The zero-order chi connectivity index (χ0) is 38.2. The van der Waals surface area contributed by atoms with Gasteiger partial charge < -0.3 is 35.4 Å².